The molecule has 154 valence electrons. The number of imidazole rings is 1. The second-order valence-corrected chi connectivity index (χ2v) is 6.91. The van der Waals surface area contributed by atoms with Gasteiger partial charge in [-0.05, 0) is 43.3 Å². The minimum absolute atomic E-state index is 0.138. The Kier molecular flexibility index (Phi) is 4.39. The molecule has 3 heterocycles. The molecule has 0 aliphatic rings. The first-order chi connectivity index (χ1) is 15.0. The van der Waals surface area contributed by atoms with E-state index in [0.717, 1.165) is 0 Å². The first-order valence-electron chi connectivity index (χ1n) is 9.40. The lowest BCUT2D eigenvalue weighted by atomic mass is 10.2. The molecule has 3 aromatic heterocycles. The molecule has 0 aliphatic carbocycles. The van der Waals surface area contributed by atoms with Crippen LogP contribution >= 0.6 is 0 Å². The van der Waals surface area contributed by atoms with Crippen LogP contribution in [0.2, 0.25) is 0 Å². The lowest BCUT2D eigenvalue weighted by molar-refractivity contribution is 0.625. The fourth-order valence-electron chi connectivity index (χ4n) is 3.48. The van der Waals surface area contributed by atoms with E-state index >= 15 is 0 Å². The zero-order valence-electron chi connectivity index (χ0n) is 16.2. The lowest BCUT2D eigenvalue weighted by Crippen LogP contribution is -2.28. The van der Waals surface area contributed by atoms with E-state index in [1.807, 2.05) is 0 Å². The minimum Gasteiger partial charge on any atom is -0.358 e. The summed E-state index contributed by atoms with van der Waals surface area (Å²) in [6.45, 7) is 1.79. The number of fused-ring (bicyclic) bond motifs is 2. The summed E-state index contributed by atoms with van der Waals surface area (Å²) >= 11 is 0. The molecule has 2 aromatic carbocycles. The summed E-state index contributed by atoms with van der Waals surface area (Å²) in [4.78, 5) is 33.2. The summed E-state index contributed by atoms with van der Waals surface area (Å²) in [5, 5.41) is 3.06. The number of halogens is 2. The smallest absolute Gasteiger partial charge is 0.269 e. The minimum atomic E-state index is -0.673. The third kappa shape index (κ3) is 3.18. The molecule has 0 saturated heterocycles. The van der Waals surface area contributed by atoms with Crippen LogP contribution in [0.4, 0.5) is 14.6 Å². The van der Waals surface area contributed by atoms with Gasteiger partial charge in [-0.25, -0.2) is 28.7 Å². The van der Waals surface area contributed by atoms with Gasteiger partial charge in [-0.15, -0.1) is 0 Å². The average molecular weight is 419 g/mol. The molecule has 5 rings (SSSR count). The van der Waals surface area contributed by atoms with Crippen molar-refractivity contribution in [3.63, 3.8) is 0 Å². The van der Waals surface area contributed by atoms with Gasteiger partial charge in [-0.1, -0.05) is 6.07 Å². The van der Waals surface area contributed by atoms with Crippen molar-refractivity contribution in [2.24, 2.45) is 0 Å². The van der Waals surface area contributed by atoms with Gasteiger partial charge in [0, 0.05) is 0 Å². The molecule has 0 bridgehead atoms. The Balaban J connectivity index is 1.71. The lowest BCUT2D eigenvalue weighted by Gasteiger charge is -2.20. The van der Waals surface area contributed by atoms with Crippen molar-refractivity contribution in [2.75, 3.05) is 5.32 Å². The van der Waals surface area contributed by atoms with Crippen molar-refractivity contribution in [1.29, 1.82) is 0 Å². The molecule has 1 atom stereocenters. The molecule has 2 N–H and O–H groups in total. The Morgan fingerprint density at radius 1 is 1.06 bits per heavy atom. The topological polar surface area (TPSA) is 101 Å². The van der Waals surface area contributed by atoms with Crippen molar-refractivity contribution in [2.45, 2.75) is 13.0 Å². The van der Waals surface area contributed by atoms with Gasteiger partial charge in [0.25, 0.3) is 5.56 Å². The molecule has 10 heteroatoms. The summed E-state index contributed by atoms with van der Waals surface area (Å²) in [5.74, 6) is -0.352. The number of benzene rings is 2. The van der Waals surface area contributed by atoms with Crippen molar-refractivity contribution < 1.29 is 8.78 Å². The molecule has 0 unspecified atom stereocenters. The zero-order chi connectivity index (χ0) is 21.5. The van der Waals surface area contributed by atoms with Gasteiger partial charge in [-0.2, -0.15) is 0 Å². The Hall–Kier alpha value is -4.21. The zero-order valence-corrected chi connectivity index (χ0v) is 16.2. The highest BCUT2D eigenvalue weighted by Crippen LogP contribution is 2.24. The number of nitrogens with zero attached hydrogens (tertiary/aromatic N) is 5. The van der Waals surface area contributed by atoms with Crippen LogP contribution in [0.25, 0.3) is 27.8 Å². The van der Waals surface area contributed by atoms with Crippen LogP contribution in [-0.4, -0.2) is 29.5 Å². The summed E-state index contributed by atoms with van der Waals surface area (Å²) < 4.78 is 29.2. The largest absolute Gasteiger partial charge is 0.358 e. The Morgan fingerprint density at radius 2 is 1.87 bits per heavy atom. The van der Waals surface area contributed by atoms with E-state index in [9.17, 15) is 13.6 Å². The van der Waals surface area contributed by atoms with Crippen LogP contribution in [0.15, 0.2) is 59.9 Å². The second-order valence-electron chi connectivity index (χ2n) is 6.91. The van der Waals surface area contributed by atoms with Crippen LogP contribution in [0.3, 0.4) is 0 Å². The molecule has 31 heavy (non-hydrogen) atoms. The van der Waals surface area contributed by atoms with Gasteiger partial charge in [0.2, 0.25) is 0 Å². The number of hydrogen-bond acceptors (Lipinski definition) is 6. The van der Waals surface area contributed by atoms with E-state index in [-0.39, 0.29) is 10.9 Å². The summed E-state index contributed by atoms with van der Waals surface area (Å²) in [6, 6.07) is 9.08. The maximum Gasteiger partial charge on any atom is 0.269 e. The average Bonchev–Trinajstić information content (AvgIpc) is 3.24. The van der Waals surface area contributed by atoms with Gasteiger partial charge < -0.3 is 10.3 Å². The summed E-state index contributed by atoms with van der Waals surface area (Å²) in [7, 11) is 0. The molecular weight excluding hydrogens is 404 g/mol. The predicted octanol–water partition coefficient (Wildman–Crippen LogP) is 3.50. The Labute approximate surface area is 173 Å². The second kappa shape index (κ2) is 7.24. The molecule has 0 radical (unpaired) electrons. The summed E-state index contributed by atoms with van der Waals surface area (Å²) in [5.41, 5.74) is 1.07. The fourth-order valence-corrected chi connectivity index (χ4v) is 3.48. The third-order valence-corrected chi connectivity index (χ3v) is 4.92. The van der Waals surface area contributed by atoms with E-state index in [1.165, 1.54) is 53.6 Å². The molecule has 0 saturated carbocycles. The highest BCUT2D eigenvalue weighted by atomic mass is 19.1. The van der Waals surface area contributed by atoms with Gasteiger partial charge in [-0.3, -0.25) is 9.36 Å². The SMILES string of the molecule is C[C@H](Nc1ncnc2nc[nH]c12)c1nc2cccc(F)c2c(=O)n1-c1ccc(F)cc1. The van der Waals surface area contributed by atoms with E-state index in [0.29, 0.717) is 28.5 Å². The number of aromatic amines is 1. The first kappa shape index (κ1) is 18.8. The number of hydrogen-bond donors (Lipinski definition) is 2. The van der Waals surface area contributed by atoms with Gasteiger partial charge in [0.05, 0.1) is 23.6 Å². The van der Waals surface area contributed by atoms with Crippen LogP contribution < -0.4 is 10.9 Å². The number of anilines is 1. The number of nitrogens with one attached hydrogen (secondary N) is 2. The van der Waals surface area contributed by atoms with E-state index < -0.39 is 23.2 Å². The van der Waals surface area contributed by atoms with Crippen LogP contribution in [0.5, 0.6) is 0 Å². The molecule has 8 nitrogen and oxygen atoms in total. The van der Waals surface area contributed by atoms with Gasteiger partial charge in [0.1, 0.15) is 34.7 Å². The fraction of sp³-hybridized carbons (Fsp3) is 0.0952. The molecule has 0 fully saturated rings. The van der Waals surface area contributed by atoms with Crippen molar-refractivity contribution >= 4 is 27.9 Å². The number of rotatable bonds is 4. The van der Waals surface area contributed by atoms with Crippen molar-refractivity contribution in [3.05, 3.63) is 82.9 Å². The van der Waals surface area contributed by atoms with Gasteiger partial charge in [0.15, 0.2) is 11.5 Å². The maximum atomic E-state index is 14.5. The van der Waals surface area contributed by atoms with Gasteiger partial charge >= 0.3 is 0 Å². The number of aromatic nitrogens is 6. The maximum absolute atomic E-state index is 14.5. The molecule has 5 aromatic rings. The number of H-pyrrole nitrogens is 1. The van der Waals surface area contributed by atoms with Crippen molar-refractivity contribution in [1.82, 2.24) is 29.5 Å². The van der Waals surface area contributed by atoms with Crippen LogP contribution in [-0.2, 0) is 0 Å². The Morgan fingerprint density at radius 3 is 2.68 bits per heavy atom. The highest BCUT2D eigenvalue weighted by Gasteiger charge is 2.21. The van der Waals surface area contributed by atoms with Crippen molar-refractivity contribution in [3.8, 4) is 5.69 Å². The van der Waals surface area contributed by atoms with E-state index in [1.54, 1.807) is 13.0 Å². The predicted molar refractivity (Wildman–Crippen MR) is 111 cm³/mol. The molecular formula is C21H15F2N7O. The molecule has 0 spiro atoms. The van der Waals surface area contributed by atoms with Crippen LogP contribution in [0, 0.1) is 11.6 Å². The third-order valence-electron chi connectivity index (χ3n) is 4.92. The molecule has 0 aliphatic heterocycles. The summed E-state index contributed by atoms with van der Waals surface area (Å²) in [6.07, 6.45) is 2.87. The monoisotopic (exact) mass is 419 g/mol. The first-order valence-corrected chi connectivity index (χ1v) is 9.40. The Bertz CT molecular complexity index is 1480. The van der Waals surface area contributed by atoms with E-state index in [4.69, 9.17) is 0 Å². The normalized spacial score (nSPS) is 12.4. The quantitative estimate of drug-likeness (QED) is 0.462. The highest BCUT2D eigenvalue weighted by molar-refractivity contribution is 5.82. The molecule has 0 amide bonds. The van der Waals surface area contributed by atoms with Crippen LogP contribution in [0.1, 0.15) is 18.8 Å². The standard InChI is InChI=1S/C21H15F2N7O/c1-11(28-19-17-18(25-9-24-17)26-10-27-19)20-29-15-4-2-3-14(23)16(15)21(31)30(20)13-7-5-12(22)6-8-13/h2-11H,1H3,(H2,24,25,26,27,28)/t11-/m0/s1. The van der Waals surface area contributed by atoms with E-state index in [2.05, 4.69) is 30.2 Å².